The number of hydrogen-bond acceptors (Lipinski definition) is 3. The van der Waals surface area contributed by atoms with E-state index in [0.29, 0.717) is 12.6 Å². The first-order chi connectivity index (χ1) is 10.4. The Hall–Kier alpha value is -1.82. The van der Waals surface area contributed by atoms with Crippen molar-refractivity contribution in [3.05, 3.63) is 52.9 Å². The van der Waals surface area contributed by atoms with Crippen LogP contribution in [0.4, 0.5) is 13.2 Å². The minimum atomic E-state index is -4.28. The van der Waals surface area contributed by atoms with E-state index in [2.05, 4.69) is 10.5 Å². The predicted octanol–water partition coefficient (Wildman–Crippen LogP) is 4.04. The Balaban J connectivity index is 1.53. The van der Waals surface area contributed by atoms with Gasteiger partial charge in [-0.15, -0.1) is 0 Å². The van der Waals surface area contributed by atoms with Crippen molar-refractivity contribution >= 4 is 0 Å². The van der Waals surface area contributed by atoms with E-state index in [-0.39, 0.29) is 5.92 Å². The van der Waals surface area contributed by atoms with Crippen molar-refractivity contribution in [2.45, 2.75) is 44.4 Å². The normalized spacial score (nSPS) is 21.6. The molecule has 3 rings (SSSR count). The fraction of sp³-hybridized carbons (Fsp3) is 0.438. The van der Waals surface area contributed by atoms with E-state index in [1.54, 1.807) is 6.07 Å². The molecule has 6 heteroatoms. The van der Waals surface area contributed by atoms with Gasteiger partial charge < -0.3 is 9.84 Å². The Labute approximate surface area is 126 Å². The van der Waals surface area contributed by atoms with Gasteiger partial charge in [0, 0.05) is 18.7 Å². The zero-order valence-electron chi connectivity index (χ0n) is 12.2. The third kappa shape index (κ3) is 3.32. The van der Waals surface area contributed by atoms with Crippen LogP contribution in [0.5, 0.6) is 0 Å². The molecule has 1 aliphatic rings. The summed E-state index contributed by atoms with van der Waals surface area (Å²) < 4.78 is 43.1. The van der Waals surface area contributed by atoms with E-state index in [1.165, 1.54) is 12.1 Å². The first-order valence-corrected chi connectivity index (χ1v) is 7.24. The SMILES string of the molecule is Cc1cc(CNC2CC(c3cccc(C(F)(F)F)c3)C2)no1. The molecule has 1 saturated carbocycles. The van der Waals surface area contributed by atoms with Crippen LogP contribution in [0.3, 0.4) is 0 Å². The molecule has 1 heterocycles. The highest BCUT2D eigenvalue weighted by atomic mass is 19.4. The molecule has 0 bridgehead atoms. The van der Waals surface area contributed by atoms with Crippen LogP contribution in [0.15, 0.2) is 34.9 Å². The lowest BCUT2D eigenvalue weighted by Gasteiger charge is -2.36. The molecule has 1 N–H and O–H groups in total. The van der Waals surface area contributed by atoms with E-state index in [1.807, 2.05) is 13.0 Å². The van der Waals surface area contributed by atoms with Gasteiger partial charge in [-0.25, -0.2) is 0 Å². The smallest absolute Gasteiger partial charge is 0.361 e. The van der Waals surface area contributed by atoms with Gasteiger partial charge >= 0.3 is 6.18 Å². The third-order valence-corrected chi connectivity index (χ3v) is 4.07. The molecule has 2 aromatic rings. The van der Waals surface area contributed by atoms with Crippen molar-refractivity contribution in [1.29, 1.82) is 0 Å². The van der Waals surface area contributed by atoms with Crippen LogP contribution in [0, 0.1) is 6.92 Å². The Morgan fingerprint density at radius 3 is 2.68 bits per heavy atom. The maximum atomic E-state index is 12.7. The Morgan fingerprint density at radius 2 is 2.05 bits per heavy atom. The van der Waals surface area contributed by atoms with Gasteiger partial charge in [0.25, 0.3) is 0 Å². The summed E-state index contributed by atoms with van der Waals surface area (Å²) >= 11 is 0. The highest BCUT2D eigenvalue weighted by Crippen LogP contribution is 2.39. The first kappa shape index (κ1) is 15.1. The number of benzene rings is 1. The molecule has 1 aromatic heterocycles. The molecule has 0 spiro atoms. The van der Waals surface area contributed by atoms with Crippen molar-refractivity contribution in [3.8, 4) is 0 Å². The van der Waals surface area contributed by atoms with Gasteiger partial charge in [0.05, 0.1) is 11.3 Å². The summed E-state index contributed by atoms with van der Waals surface area (Å²) in [7, 11) is 0. The molecule has 118 valence electrons. The number of rotatable bonds is 4. The topological polar surface area (TPSA) is 38.1 Å². The number of hydrogen-bond donors (Lipinski definition) is 1. The molecule has 0 radical (unpaired) electrons. The van der Waals surface area contributed by atoms with Gasteiger partial charge in [-0.2, -0.15) is 13.2 Å². The standard InChI is InChI=1S/C16H17F3N2O/c1-10-5-15(21-22-10)9-20-14-7-12(8-14)11-3-2-4-13(6-11)16(17,18)19/h2-6,12,14,20H,7-9H2,1H3. The zero-order chi connectivity index (χ0) is 15.7. The van der Waals surface area contributed by atoms with E-state index in [9.17, 15) is 13.2 Å². The highest BCUT2D eigenvalue weighted by Gasteiger charge is 2.34. The fourth-order valence-electron chi connectivity index (χ4n) is 2.78. The van der Waals surface area contributed by atoms with Crippen LogP contribution in [0.1, 0.15) is 41.3 Å². The second-order valence-corrected chi connectivity index (χ2v) is 5.80. The number of alkyl halides is 3. The van der Waals surface area contributed by atoms with Crippen molar-refractivity contribution < 1.29 is 17.7 Å². The summed E-state index contributed by atoms with van der Waals surface area (Å²) in [5.41, 5.74) is 1.05. The van der Waals surface area contributed by atoms with Gasteiger partial charge in [-0.05, 0) is 37.3 Å². The molecule has 0 saturated heterocycles. The molecule has 1 aromatic carbocycles. The minimum absolute atomic E-state index is 0.193. The van der Waals surface area contributed by atoms with Crippen LogP contribution >= 0.6 is 0 Å². The number of halogens is 3. The Morgan fingerprint density at radius 1 is 1.27 bits per heavy atom. The van der Waals surface area contributed by atoms with Gasteiger partial charge in [-0.1, -0.05) is 23.4 Å². The van der Waals surface area contributed by atoms with Crippen LogP contribution in [-0.4, -0.2) is 11.2 Å². The van der Waals surface area contributed by atoms with Crippen LogP contribution in [0.25, 0.3) is 0 Å². The molecular weight excluding hydrogens is 293 g/mol. The molecule has 1 fully saturated rings. The monoisotopic (exact) mass is 310 g/mol. The summed E-state index contributed by atoms with van der Waals surface area (Å²) in [6.07, 6.45) is -2.58. The van der Waals surface area contributed by atoms with Crippen LogP contribution < -0.4 is 5.32 Å². The van der Waals surface area contributed by atoms with Crippen molar-refractivity contribution in [2.24, 2.45) is 0 Å². The van der Waals surface area contributed by atoms with Gasteiger partial charge in [-0.3, -0.25) is 0 Å². The van der Waals surface area contributed by atoms with Crippen molar-refractivity contribution in [1.82, 2.24) is 10.5 Å². The lowest BCUT2D eigenvalue weighted by Crippen LogP contribution is -2.39. The lowest BCUT2D eigenvalue weighted by molar-refractivity contribution is -0.137. The first-order valence-electron chi connectivity index (χ1n) is 7.24. The van der Waals surface area contributed by atoms with Gasteiger partial charge in [0.1, 0.15) is 5.76 Å². The second kappa shape index (κ2) is 5.76. The summed E-state index contributed by atoms with van der Waals surface area (Å²) in [5.74, 6) is 0.964. The molecule has 0 aliphatic heterocycles. The third-order valence-electron chi connectivity index (χ3n) is 4.07. The number of aryl methyl sites for hydroxylation is 1. The Kier molecular flexibility index (Phi) is 3.95. The number of nitrogens with one attached hydrogen (secondary N) is 1. The minimum Gasteiger partial charge on any atom is -0.361 e. The molecule has 0 atom stereocenters. The average Bonchev–Trinajstić information content (AvgIpc) is 2.82. The summed E-state index contributed by atoms with van der Waals surface area (Å²) in [6, 6.07) is 7.83. The molecule has 3 nitrogen and oxygen atoms in total. The molecule has 0 unspecified atom stereocenters. The predicted molar refractivity (Wildman–Crippen MR) is 75.3 cm³/mol. The second-order valence-electron chi connectivity index (χ2n) is 5.80. The molecule has 0 amide bonds. The van der Waals surface area contributed by atoms with E-state index >= 15 is 0 Å². The van der Waals surface area contributed by atoms with Crippen LogP contribution in [-0.2, 0) is 12.7 Å². The maximum absolute atomic E-state index is 12.7. The fourth-order valence-corrected chi connectivity index (χ4v) is 2.78. The van der Waals surface area contributed by atoms with E-state index < -0.39 is 11.7 Å². The summed E-state index contributed by atoms with van der Waals surface area (Å²) in [6.45, 7) is 2.46. The molecular formula is C16H17F3N2O. The van der Waals surface area contributed by atoms with Gasteiger partial charge in [0.15, 0.2) is 0 Å². The summed E-state index contributed by atoms with van der Waals surface area (Å²) in [4.78, 5) is 0. The average molecular weight is 310 g/mol. The zero-order valence-corrected chi connectivity index (χ0v) is 12.2. The van der Waals surface area contributed by atoms with Crippen molar-refractivity contribution in [3.63, 3.8) is 0 Å². The van der Waals surface area contributed by atoms with E-state index in [4.69, 9.17) is 4.52 Å². The van der Waals surface area contributed by atoms with E-state index in [0.717, 1.165) is 35.9 Å². The van der Waals surface area contributed by atoms with Gasteiger partial charge in [0.2, 0.25) is 0 Å². The molecule has 22 heavy (non-hydrogen) atoms. The van der Waals surface area contributed by atoms with Crippen molar-refractivity contribution in [2.75, 3.05) is 0 Å². The quantitative estimate of drug-likeness (QED) is 0.926. The highest BCUT2D eigenvalue weighted by molar-refractivity contribution is 5.30. The number of nitrogens with zero attached hydrogens (tertiary/aromatic N) is 1. The molecule has 1 aliphatic carbocycles. The van der Waals surface area contributed by atoms with Crippen LogP contribution in [0.2, 0.25) is 0 Å². The largest absolute Gasteiger partial charge is 0.416 e. The maximum Gasteiger partial charge on any atom is 0.416 e. The summed E-state index contributed by atoms with van der Waals surface area (Å²) in [5, 5.41) is 7.25. The number of aromatic nitrogens is 1. The lowest BCUT2D eigenvalue weighted by atomic mass is 9.75. The Bertz CT molecular complexity index is 645.